The van der Waals surface area contributed by atoms with Gasteiger partial charge in [-0.2, -0.15) is 0 Å². The molecule has 1 heterocycles. The Bertz CT molecular complexity index is 614. The molecule has 0 amide bonds. The van der Waals surface area contributed by atoms with Crippen LogP contribution in [0, 0.1) is 34.5 Å². The number of hydrogen-bond donors (Lipinski definition) is 2. The van der Waals surface area contributed by atoms with Gasteiger partial charge in [-0.1, -0.05) is 19.8 Å². The second-order valence-electron chi connectivity index (χ2n) is 9.97. The second kappa shape index (κ2) is 5.84. The summed E-state index contributed by atoms with van der Waals surface area (Å²) in [5.74, 6) is 3.96. The number of H-pyrrole nitrogens is 1. The number of fused-ring (bicyclic) bond motifs is 5. The van der Waals surface area contributed by atoms with Gasteiger partial charge in [-0.25, -0.2) is 4.98 Å². The first-order valence-corrected chi connectivity index (χ1v) is 10.8. The Balaban J connectivity index is 1.48. The van der Waals surface area contributed by atoms with Crippen molar-refractivity contribution in [2.45, 2.75) is 77.0 Å². The lowest BCUT2D eigenvalue weighted by Crippen LogP contribution is -2.54. The summed E-state index contributed by atoms with van der Waals surface area (Å²) in [6, 6.07) is 0. The van der Waals surface area contributed by atoms with Crippen LogP contribution in [-0.4, -0.2) is 21.7 Å². The quantitative estimate of drug-likeness (QED) is 0.803. The zero-order valence-electron chi connectivity index (χ0n) is 15.7. The number of aromatic nitrogens is 2. The summed E-state index contributed by atoms with van der Waals surface area (Å²) in [6.45, 7) is 3.01. The smallest absolute Gasteiger partial charge is 0.0921 e. The van der Waals surface area contributed by atoms with Crippen molar-refractivity contribution in [3.05, 3.63) is 18.2 Å². The third-order valence-corrected chi connectivity index (χ3v) is 9.49. The van der Waals surface area contributed by atoms with Crippen LogP contribution in [0.2, 0.25) is 0 Å². The van der Waals surface area contributed by atoms with Crippen LogP contribution >= 0.6 is 0 Å². The SMILES string of the molecule is C[C@]12CCCCC1CC[C@H]1[C@@H]3CC[C@H](c4cnc[nH]4)[C@@]3(CO)CC[C@@H]12. The molecule has 1 aromatic heterocycles. The molecule has 0 spiro atoms. The number of nitrogens with zero attached hydrogens (tertiary/aromatic N) is 1. The molecule has 1 unspecified atom stereocenters. The summed E-state index contributed by atoms with van der Waals surface area (Å²) < 4.78 is 0. The number of hydrogen-bond acceptors (Lipinski definition) is 2. The van der Waals surface area contributed by atoms with E-state index in [1.165, 1.54) is 69.9 Å². The maximum absolute atomic E-state index is 10.6. The van der Waals surface area contributed by atoms with E-state index in [-0.39, 0.29) is 5.41 Å². The molecule has 3 heteroatoms. The molecule has 5 rings (SSSR count). The summed E-state index contributed by atoms with van der Waals surface area (Å²) in [5.41, 5.74) is 1.98. The van der Waals surface area contributed by atoms with Crippen LogP contribution in [0.1, 0.15) is 82.7 Å². The minimum atomic E-state index is 0.117. The van der Waals surface area contributed by atoms with E-state index in [0.29, 0.717) is 17.9 Å². The van der Waals surface area contributed by atoms with Crippen molar-refractivity contribution >= 4 is 0 Å². The summed E-state index contributed by atoms with van der Waals surface area (Å²) in [5, 5.41) is 10.6. The fourth-order valence-electron chi connectivity index (χ4n) is 8.33. The lowest BCUT2D eigenvalue weighted by molar-refractivity contribution is -0.121. The molecule has 138 valence electrons. The zero-order valence-corrected chi connectivity index (χ0v) is 15.7. The first-order valence-electron chi connectivity index (χ1n) is 10.8. The van der Waals surface area contributed by atoms with Gasteiger partial charge in [0.1, 0.15) is 0 Å². The molecule has 0 saturated heterocycles. The van der Waals surface area contributed by atoms with Gasteiger partial charge in [-0.15, -0.1) is 0 Å². The highest BCUT2D eigenvalue weighted by molar-refractivity contribution is 5.19. The van der Waals surface area contributed by atoms with E-state index in [0.717, 1.165) is 23.7 Å². The fourth-order valence-corrected chi connectivity index (χ4v) is 8.33. The Morgan fingerprint density at radius 3 is 2.80 bits per heavy atom. The van der Waals surface area contributed by atoms with Gasteiger partial charge < -0.3 is 10.1 Å². The van der Waals surface area contributed by atoms with Crippen LogP contribution in [0.25, 0.3) is 0 Å². The van der Waals surface area contributed by atoms with Gasteiger partial charge in [0.25, 0.3) is 0 Å². The molecular formula is C22H34N2O. The first kappa shape index (κ1) is 16.4. The van der Waals surface area contributed by atoms with Crippen molar-refractivity contribution in [2.24, 2.45) is 34.5 Å². The van der Waals surface area contributed by atoms with Gasteiger partial charge >= 0.3 is 0 Å². The predicted molar refractivity (Wildman–Crippen MR) is 99.1 cm³/mol. The standard InChI is InChI=1S/C22H34N2O/c1-21-10-3-2-4-15(21)5-6-16-17(21)9-11-22(13-25)18(16)7-8-19(22)20-12-23-14-24-20/h12,14-19,25H,2-11,13H2,1H3,(H,23,24)/t15?,16-,17+,18+,19-,21+,22-/m1/s1. The van der Waals surface area contributed by atoms with Gasteiger partial charge in [-0.3, -0.25) is 0 Å². The number of nitrogens with one attached hydrogen (secondary N) is 1. The van der Waals surface area contributed by atoms with Crippen LogP contribution in [0.5, 0.6) is 0 Å². The monoisotopic (exact) mass is 342 g/mol. The average Bonchev–Trinajstić information content (AvgIpc) is 3.28. The van der Waals surface area contributed by atoms with Gasteiger partial charge in [0.05, 0.1) is 6.33 Å². The molecule has 4 aliphatic carbocycles. The van der Waals surface area contributed by atoms with Crippen LogP contribution in [0.15, 0.2) is 12.5 Å². The number of rotatable bonds is 2. The molecule has 2 N–H and O–H groups in total. The number of aliphatic hydroxyl groups excluding tert-OH is 1. The molecule has 4 fully saturated rings. The summed E-state index contributed by atoms with van der Waals surface area (Å²) in [4.78, 5) is 7.65. The van der Waals surface area contributed by atoms with Gasteiger partial charge in [0.15, 0.2) is 0 Å². The Morgan fingerprint density at radius 1 is 1.08 bits per heavy atom. The van der Waals surface area contributed by atoms with E-state index in [1.807, 2.05) is 12.5 Å². The molecule has 0 aliphatic heterocycles. The average molecular weight is 343 g/mol. The summed E-state index contributed by atoms with van der Waals surface area (Å²) >= 11 is 0. The largest absolute Gasteiger partial charge is 0.396 e. The van der Waals surface area contributed by atoms with Crippen molar-refractivity contribution in [1.29, 1.82) is 0 Å². The minimum absolute atomic E-state index is 0.117. The number of aliphatic hydroxyl groups is 1. The first-order chi connectivity index (χ1) is 12.2. The highest BCUT2D eigenvalue weighted by Gasteiger charge is 2.61. The van der Waals surface area contributed by atoms with Crippen molar-refractivity contribution in [3.8, 4) is 0 Å². The lowest BCUT2D eigenvalue weighted by Gasteiger charge is -2.60. The van der Waals surface area contributed by atoms with E-state index in [4.69, 9.17) is 0 Å². The molecule has 7 atom stereocenters. The van der Waals surface area contributed by atoms with Crippen molar-refractivity contribution in [3.63, 3.8) is 0 Å². The van der Waals surface area contributed by atoms with Crippen LogP contribution in [0.4, 0.5) is 0 Å². The Hall–Kier alpha value is -0.830. The van der Waals surface area contributed by atoms with Crippen LogP contribution in [0.3, 0.4) is 0 Å². The highest BCUT2D eigenvalue weighted by Crippen LogP contribution is 2.68. The maximum Gasteiger partial charge on any atom is 0.0921 e. The fraction of sp³-hybridized carbons (Fsp3) is 0.864. The number of aromatic amines is 1. The number of imidazole rings is 1. The minimum Gasteiger partial charge on any atom is -0.396 e. The molecule has 0 bridgehead atoms. The molecule has 0 aromatic carbocycles. The predicted octanol–water partition coefficient (Wildman–Crippen LogP) is 4.90. The zero-order chi connectivity index (χ0) is 17.1. The normalized spacial score (nSPS) is 49.3. The van der Waals surface area contributed by atoms with Crippen LogP contribution in [-0.2, 0) is 0 Å². The van der Waals surface area contributed by atoms with Crippen molar-refractivity contribution < 1.29 is 5.11 Å². The Morgan fingerprint density at radius 2 is 2.00 bits per heavy atom. The topological polar surface area (TPSA) is 48.9 Å². The third-order valence-electron chi connectivity index (χ3n) is 9.49. The van der Waals surface area contributed by atoms with Gasteiger partial charge in [0, 0.05) is 29.8 Å². The van der Waals surface area contributed by atoms with E-state index < -0.39 is 0 Å². The van der Waals surface area contributed by atoms with E-state index in [9.17, 15) is 5.11 Å². The molecule has 4 aliphatic rings. The molecule has 4 saturated carbocycles. The van der Waals surface area contributed by atoms with E-state index in [2.05, 4.69) is 16.9 Å². The Kier molecular flexibility index (Phi) is 3.82. The maximum atomic E-state index is 10.6. The highest BCUT2D eigenvalue weighted by atomic mass is 16.3. The van der Waals surface area contributed by atoms with E-state index >= 15 is 0 Å². The molecular weight excluding hydrogens is 308 g/mol. The third kappa shape index (κ3) is 2.17. The summed E-state index contributed by atoms with van der Waals surface area (Å²) in [6.07, 6.45) is 17.7. The van der Waals surface area contributed by atoms with Crippen molar-refractivity contribution in [2.75, 3.05) is 6.61 Å². The molecule has 3 nitrogen and oxygen atoms in total. The van der Waals surface area contributed by atoms with Crippen LogP contribution < -0.4 is 0 Å². The molecule has 25 heavy (non-hydrogen) atoms. The second-order valence-corrected chi connectivity index (χ2v) is 9.97. The summed E-state index contributed by atoms with van der Waals surface area (Å²) in [7, 11) is 0. The van der Waals surface area contributed by atoms with Gasteiger partial charge in [0.2, 0.25) is 0 Å². The molecule has 1 aromatic rings. The molecule has 0 radical (unpaired) electrons. The Labute approximate surface area is 152 Å². The van der Waals surface area contributed by atoms with E-state index in [1.54, 1.807) is 0 Å². The lowest BCUT2D eigenvalue weighted by atomic mass is 9.44. The van der Waals surface area contributed by atoms with Gasteiger partial charge in [-0.05, 0) is 80.5 Å². The van der Waals surface area contributed by atoms with Crippen molar-refractivity contribution in [1.82, 2.24) is 9.97 Å².